The van der Waals surface area contributed by atoms with E-state index in [0.29, 0.717) is 24.3 Å². The second-order valence-corrected chi connectivity index (χ2v) is 4.28. The van der Waals surface area contributed by atoms with E-state index in [1.807, 2.05) is 0 Å². The Kier molecular flexibility index (Phi) is 2.28. The van der Waals surface area contributed by atoms with Crippen LogP contribution in [0.1, 0.15) is 19.3 Å². The molecule has 3 heteroatoms. The quantitative estimate of drug-likeness (QED) is 0.644. The molecule has 74 valence electrons. The molecule has 2 fully saturated rings. The minimum Gasteiger partial charge on any atom is -0.469 e. The van der Waals surface area contributed by atoms with Gasteiger partial charge in [-0.05, 0) is 43.6 Å². The first kappa shape index (κ1) is 9.00. The van der Waals surface area contributed by atoms with E-state index in [2.05, 4.69) is 0 Å². The van der Waals surface area contributed by atoms with Crippen molar-refractivity contribution in [2.24, 2.45) is 29.4 Å². The van der Waals surface area contributed by atoms with Gasteiger partial charge in [-0.25, -0.2) is 0 Å². The van der Waals surface area contributed by atoms with Gasteiger partial charge in [-0.15, -0.1) is 0 Å². The number of hydrogen-bond donors (Lipinski definition) is 1. The van der Waals surface area contributed by atoms with Gasteiger partial charge in [-0.1, -0.05) is 0 Å². The van der Waals surface area contributed by atoms with Gasteiger partial charge < -0.3 is 10.5 Å². The zero-order chi connectivity index (χ0) is 9.42. The van der Waals surface area contributed by atoms with Crippen molar-refractivity contribution in [3.63, 3.8) is 0 Å². The van der Waals surface area contributed by atoms with E-state index in [0.717, 1.165) is 0 Å². The molecule has 0 aromatic carbocycles. The van der Waals surface area contributed by atoms with Crippen LogP contribution < -0.4 is 5.73 Å². The molecule has 0 saturated heterocycles. The van der Waals surface area contributed by atoms with E-state index in [-0.39, 0.29) is 11.9 Å². The van der Waals surface area contributed by atoms with E-state index in [4.69, 9.17) is 10.5 Å². The highest BCUT2D eigenvalue weighted by atomic mass is 16.5. The summed E-state index contributed by atoms with van der Waals surface area (Å²) in [6, 6.07) is 0. The molecular formula is C10H17NO2. The highest BCUT2D eigenvalue weighted by molar-refractivity contribution is 5.73. The lowest BCUT2D eigenvalue weighted by Crippen LogP contribution is -2.34. The molecule has 0 aliphatic heterocycles. The highest BCUT2D eigenvalue weighted by Crippen LogP contribution is 2.52. The first-order valence-corrected chi connectivity index (χ1v) is 5.05. The molecule has 2 aliphatic rings. The molecule has 2 saturated carbocycles. The van der Waals surface area contributed by atoms with E-state index in [9.17, 15) is 4.79 Å². The Morgan fingerprint density at radius 1 is 1.46 bits per heavy atom. The average molecular weight is 183 g/mol. The van der Waals surface area contributed by atoms with Crippen LogP contribution in [0.5, 0.6) is 0 Å². The topological polar surface area (TPSA) is 52.3 Å². The fraction of sp³-hybridized carbons (Fsp3) is 0.900. The van der Waals surface area contributed by atoms with Gasteiger partial charge in [-0.3, -0.25) is 4.79 Å². The molecule has 0 radical (unpaired) electrons. The first-order valence-electron chi connectivity index (χ1n) is 5.05. The number of nitrogens with two attached hydrogens (primary N) is 1. The van der Waals surface area contributed by atoms with Crippen molar-refractivity contribution in [1.82, 2.24) is 0 Å². The molecule has 0 aromatic heterocycles. The third kappa shape index (κ3) is 1.26. The van der Waals surface area contributed by atoms with Crippen molar-refractivity contribution in [3.05, 3.63) is 0 Å². The summed E-state index contributed by atoms with van der Waals surface area (Å²) in [5, 5.41) is 0. The SMILES string of the molecule is COC(=O)C1C2CCC(C2)C1CN. The molecule has 0 amide bonds. The van der Waals surface area contributed by atoms with Crippen LogP contribution in [0.3, 0.4) is 0 Å². The zero-order valence-corrected chi connectivity index (χ0v) is 8.03. The molecule has 4 atom stereocenters. The third-order valence-electron chi connectivity index (χ3n) is 3.83. The van der Waals surface area contributed by atoms with Gasteiger partial charge in [0.1, 0.15) is 0 Å². The van der Waals surface area contributed by atoms with Crippen molar-refractivity contribution < 1.29 is 9.53 Å². The Balaban J connectivity index is 2.13. The summed E-state index contributed by atoms with van der Waals surface area (Å²) in [4.78, 5) is 11.5. The molecular weight excluding hydrogens is 166 g/mol. The van der Waals surface area contributed by atoms with Gasteiger partial charge in [0, 0.05) is 0 Å². The normalized spacial score (nSPS) is 42.3. The van der Waals surface area contributed by atoms with Gasteiger partial charge >= 0.3 is 5.97 Å². The smallest absolute Gasteiger partial charge is 0.309 e. The molecule has 2 aliphatic carbocycles. The number of hydrogen-bond acceptors (Lipinski definition) is 3. The maximum atomic E-state index is 11.5. The van der Waals surface area contributed by atoms with Crippen molar-refractivity contribution >= 4 is 5.97 Å². The number of fused-ring (bicyclic) bond motifs is 2. The lowest BCUT2D eigenvalue weighted by molar-refractivity contribution is -0.149. The van der Waals surface area contributed by atoms with Crippen LogP contribution in [0.4, 0.5) is 0 Å². The summed E-state index contributed by atoms with van der Waals surface area (Å²) >= 11 is 0. The van der Waals surface area contributed by atoms with E-state index >= 15 is 0 Å². The van der Waals surface area contributed by atoms with Crippen molar-refractivity contribution in [2.45, 2.75) is 19.3 Å². The van der Waals surface area contributed by atoms with Gasteiger partial charge in [0.15, 0.2) is 0 Å². The minimum atomic E-state index is -0.0392. The van der Waals surface area contributed by atoms with Crippen LogP contribution in [0.25, 0.3) is 0 Å². The summed E-state index contributed by atoms with van der Waals surface area (Å²) in [6.07, 6.45) is 3.66. The predicted molar refractivity (Wildman–Crippen MR) is 48.9 cm³/mol. The molecule has 2 bridgehead atoms. The Bertz CT molecular complexity index is 217. The molecule has 0 spiro atoms. The van der Waals surface area contributed by atoms with Crippen LogP contribution in [-0.4, -0.2) is 19.6 Å². The maximum Gasteiger partial charge on any atom is 0.309 e. The summed E-state index contributed by atoms with van der Waals surface area (Å²) in [7, 11) is 1.47. The summed E-state index contributed by atoms with van der Waals surface area (Å²) < 4.78 is 4.82. The Morgan fingerprint density at radius 3 is 2.77 bits per heavy atom. The second kappa shape index (κ2) is 3.29. The van der Waals surface area contributed by atoms with Crippen LogP contribution in [-0.2, 0) is 9.53 Å². The van der Waals surface area contributed by atoms with Crippen molar-refractivity contribution in [1.29, 1.82) is 0 Å². The highest BCUT2D eigenvalue weighted by Gasteiger charge is 2.50. The van der Waals surface area contributed by atoms with Gasteiger partial charge in [0.25, 0.3) is 0 Å². The standard InChI is InChI=1S/C10H17NO2/c1-13-10(12)9-7-3-2-6(4-7)8(9)5-11/h6-9H,2-5,11H2,1H3. The van der Waals surface area contributed by atoms with E-state index in [1.165, 1.54) is 26.4 Å². The molecule has 0 heterocycles. The molecule has 13 heavy (non-hydrogen) atoms. The Hall–Kier alpha value is -0.570. The largest absolute Gasteiger partial charge is 0.469 e. The summed E-state index contributed by atoms with van der Waals surface area (Å²) in [6.45, 7) is 0.640. The molecule has 2 N–H and O–H groups in total. The number of esters is 1. The third-order valence-corrected chi connectivity index (χ3v) is 3.83. The lowest BCUT2D eigenvalue weighted by Gasteiger charge is -2.27. The number of rotatable bonds is 2. The predicted octanol–water partition coefficient (Wildman–Crippen LogP) is 0.780. The summed E-state index contributed by atoms with van der Waals surface area (Å²) in [5.74, 6) is 1.72. The zero-order valence-electron chi connectivity index (χ0n) is 8.03. The summed E-state index contributed by atoms with van der Waals surface area (Å²) in [5.41, 5.74) is 5.70. The second-order valence-electron chi connectivity index (χ2n) is 4.28. The first-order chi connectivity index (χ1) is 6.27. The van der Waals surface area contributed by atoms with Gasteiger partial charge in [0.05, 0.1) is 13.0 Å². The van der Waals surface area contributed by atoms with Crippen LogP contribution >= 0.6 is 0 Å². The monoisotopic (exact) mass is 183 g/mol. The minimum absolute atomic E-state index is 0.0392. The fourth-order valence-electron chi connectivity index (χ4n) is 3.25. The number of carbonyl (C=O) groups is 1. The number of ether oxygens (including phenoxy) is 1. The lowest BCUT2D eigenvalue weighted by atomic mass is 9.79. The van der Waals surface area contributed by atoms with E-state index < -0.39 is 0 Å². The Morgan fingerprint density at radius 2 is 2.15 bits per heavy atom. The number of carbonyl (C=O) groups excluding carboxylic acids is 1. The molecule has 0 aromatic rings. The van der Waals surface area contributed by atoms with Gasteiger partial charge in [0.2, 0.25) is 0 Å². The van der Waals surface area contributed by atoms with Crippen LogP contribution in [0.2, 0.25) is 0 Å². The molecule has 4 unspecified atom stereocenters. The fourth-order valence-corrected chi connectivity index (χ4v) is 3.25. The van der Waals surface area contributed by atoms with Gasteiger partial charge in [-0.2, -0.15) is 0 Å². The average Bonchev–Trinajstić information content (AvgIpc) is 2.74. The molecule has 3 nitrogen and oxygen atoms in total. The number of methoxy groups -OCH3 is 1. The van der Waals surface area contributed by atoms with Crippen molar-refractivity contribution in [3.8, 4) is 0 Å². The maximum absolute atomic E-state index is 11.5. The van der Waals surface area contributed by atoms with Crippen LogP contribution in [0.15, 0.2) is 0 Å². The molecule has 2 rings (SSSR count). The van der Waals surface area contributed by atoms with Crippen LogP contribution in [0, 0.1) is 23.7 Å². The van der Waals surface area contributed by atoms with E-state index in [1.54, 1.807) is 0 Å². The van der Waals surface area contributed by atoms with Crippen molar-refractivity contribution in [2.75, 3.05) is 13.7 Å². The Labute approximate surface area is 78.6 Å².